The van der Waals surface area contributed by atoms with Gasteiger partial charge in [-0.05, 0) is 80.1 Å². The second-order valence-electron chi connectivity index (χ2n) is 19.9. The van der Waals surface area contributed by atoms with Gasteiger partial charge in [0.25, 0.3) is 6.33 Å². The number of hydrogen-bond acceptors (Lipinski definition) is 2. The van der Waals surface area contributed by atoms with E-state index in [9.17, 15) is 0 Å². The van der Waals surface area contributed by atoms with Gasteiger partial charge in [0.1, 0.15) is 5.82 Å². The van der Waals surface area contributed by atoms with Crippen molar-refractivity contribution in [2.24, 2.45) is 0 Å². The fourth-order valence-electron chi connectivity index (χ4n) is 8.67. The van der Waals surface area contributed by atoms with Crippen LogP contribution in [0.4, 0.5) is 0 Å². The molecule has 326 valence electrons. The van der Waals surface area contributed by atoms with Crippen LogP contribution in [0.5, 0.6) is 11.5 Å². The number of rotatable bonds is 9. The average molecular weight is 1020 g/mol. The normalized spacial score (nSPS) is 12.4. The Hall–Kier alpha value is -6.03. The molecular formula is C58H56N4OPt-2. The molecular weight excluding hydrogens is 964 g/mol. The molecule has 0 atom stereocenters. The third-order valence-electron chi connectivity index (χ3n) is 12.7. The minimum absolute atomic E-state index is 0. The van der Waals surface area contributed by atoms with Crippen molar-refractivity contribution >= 4 is 21.8 Å². The van der Waals surface area contributed by atoms with Crippen LogP contribution in [0.15, 0.2) is 158 Å². The predicted molar refractivity (Wildman–Crippen MR) is 257 cm³/mol. The maximum absolute atomic E-state index is 6.67. The van der Waals surface area contributed by atoms with Crippen molar-refractivity contribution in [2.45, 2.75) is 90.9 Å². The van der Waals surface area contributed by atoms with Gasteiger partial charge in [0.2, 0.25) is 0 Å². The van der Waals surface area contributed by atoms with Gasteiger partial charge >= 0.3 is 0 Å². The summed E-state index contributed by atoms with van der Waals surface area (Å²) in [5, 5.41) is 2.21. The first-order chi connectivity index (χ1) is 30.0. The van der Waals surface area contributed by atoms with Crippen molar-refractivity contribution in [3.05, 3.63) is 210 Å². The number of nitrogens with zero attached hydrogens (tertiary/aromatic N) is 4. The second kappa shape index (κ2) is 16.8. The van der Waals surface area contributed by atoms with Crippen molar-refractivity contribution in [1.82, 2.24) is 14.1 Å². The average Bonchev–Trinajstić information content (AvgIpc) is 3.88. The summed E-state index contributed by atoms with van der Waals surface area (Å²) in [6.07, 6.45) is 7.72. The van der Waals surface area contributed by atoms with E-state index >= 15 is 0 Å². The zero-order valence-corrected chi connectivity index (χ0v) is 40.8. The van der Waals surface area contributed by atoms with Crippen LogP contribution in [-0.2, 0) is 42.7 Å². The van der Waals surface area contributed by atoms with Crippen molar-refractivity contribution < 1.29 is 30.4 Å². The molecule has 0 aliphatic heterocycles. The summed E-state index contributed by atoms with van der Waals surface area (Å²) < 4.78 is 13.1. The van der Waals surface area contributed by atoms with Gasteiger partial charge in [-0.3, -0.25) is 4.57 Å². The number of benzene rings is 6. The minimum Gasteiger partial charge on any atom is -0.510 e. The molecule has 6 aromatic carbocycles. The molecule has 5 nitrogen and oxygen atoms in total. The molecule has 0 unspecified atom stereocenters. The summed E-state index contributed by atoms with van der Waals surface area (Å²) in [5.74, 6) is 2.00. The van der Waals surface area contributed by atoms with Crippen molar-refractivity contribution in [3.8, 4) is 28.7 Å². The number of fused-ring (bicyclic) bond motifs is 3. The Morgan fingerprint density at radius 2 is 1.16 bits per heavy atom. The summed E-state index contributed by atoms with van der Waals surface area (Å²) >= 11 is 0. The molecule has 0 fully saturated rings. The standard InChI is InChI=1S/C58H56N4O.Pt/c1-55(2,3)42-23-17-25-46(33-42)61-39-60(38-53(61)56(4,5)6)45-24-18-26-47(36-45)63-48-28-29-49-50-34-43(57(7,8)40-19-13-11-14-20-40)27-30-51(50)62(52(49)37-48)54-35-44(31-32-59-54)58(9,10)41-21-15-12-16-22-41;/h11-35,38H,1-10H3;/q-2;. The van der Waals surface area contributed by atoms with Gasteiger partial charge in [0.15, 0.2) is 0 Å². The topological polar surface area (TPSA) is 35.9 Å². The zero-order chi connectivity index (χ0) is 44.3. The molecule has 0 amide bonds. The van der Waals surface area contributed by atoms with Crippen molar-refractivity contribution in [1.29, 1.82) is 0 Å². The maximum Gasteiger partial charge on any atom is 0.267 e. The Morgan fingerprint density at radius 3 is 1.81 bits per heavy atom. The Morgan fingerprint density at radius 1 is 0.531 bits per heavy atom. The molecule has 0 aliphatic carbocycles. The monoisotopic (exact) mass is 1020 g/mol. The zero-order valence-electron chi connectivity index (χ0n) is 38.5. The van der Waals surface area contributed by atoms with Gasteiger partial charge in [0.05, 0.1) is 11.4 Å². The van der Waals surface area contributed by atoms with E-state index in [-0.39, 0.29) is 42.7 Å². The molecule has 64 heavy (non-hydrogen) atoms. The summed E-state index contributed by atoms with van der Waals surface area (Å²) in [4.78, 5) is 5.02. The number of pyridine rings is 1. The molecule has 9 rings (SSSR count). The van der Waals surface area contributed by atoms with Crippen molar-refractivity contribution in [2.75, 3.05) is 0 Å². The quantitative estimate of drug-likeness (QED) is 0.107. The fourth-order valence-corrected chi connectivity index (χ4v) is 8.67. The largest absolute Gasteiger partial charge is 0.510 e. The molecule has 6 heteroatoms. The summed E-state index contributed by atoms with van der Waals surface area (Å²) in [7, 11) is 0. The summed E-state index contributed by atoms with van der Waals surface area (Å²) in [6.45, 7) is 22.6. The third-order valence-corrected chi connectivity index (χ3v) is 12.7. The van der Waals surface area contributed by atoms with E-state index in [1.165, 1.54) is 27.8 Å². The van der Waals surface area contributed by atoms with Crippen LogP contribution >= 0.6 is 0 Å². The SMILES string of the molecule is CC(C)(C)c1cccc(-[n+]2[c-]n(-c3[c-]c(Oc4[c-]c5c(cc4)c4cc(C(C)(C)c6ccccc6)ccc4n5-c4cc(C(C)(C)c5ccccc5)ccn4)ccc3)cc2C(C)(C)C)c1.[Pt]. The van der Waals surface area contributed by atoms with Gasteiger partial charge in [-0.25, -0.2) is 4.98 Å². The van der Waals surface area contributed by atoms with Gasteiger partial charge < -0.3 is 13.9 Å². The van der Waals surface area contributed by atoms with E-state index in [0.29, 0.717) is 11.5 Å². The van der Waals surface area contributed by atoms with Crippen LogP contribution in [0.3, 0.4) is 0 Å². The van der Waals surface area contributed by atoms with Crippen LogP contribution in [0.2, 0.25) is 0 Å². The third kappa shape index (κ3) is 8.39. The molecule has 0 radical (unpaired) electrons. The Labute approximate surface area is 393 Å². The predicted octanol–water partition coefficient (Wildman–Crippen LogP) is 13.7. The fraction of sp³-hybridized carbons (Fsp3) is 0.241. The van der Waals surface area contributed by atoms with E-state index in [4.69, 9.17) is 9.72 Å². The molecule has 0 aliphatic rings. The summed E-state index contributed by atoms with van der Waals surface area (Å²) in [5.41, 5.74) is 10.6. The van der Waals surface area contributed by atoms with E-state index in [2.05, 4.69) is 224 Å². The Bertz CT molecular complexity index is 3110. The number of hydrogen-bond donors (Lipinski definition) is 0. The smallest absolute Gasteiger partial charge is 0.267 e. The number of aromatic nitrogens is 4. The molecule has 9 aromatic rings. The van der Waals surface area contributed by atoms with Crippen LogP contribution in [0.1, 0.15) is 103 Å². The summed E-state index contributed by atoms with van der Waals surface area (Å²) in [6, 6.07) is 58.8. The van der Waals surface area contributed by atoms with E-state index in [1.807, 2.05) is 35.0 Å². The number of ether oxygens (including phenoxy) is 1. The molecule has 3 aromatic heterocycles. The van der Waals surface area contributed by atoms with E-state index in [0.717, 1.165) is 44.7 Å². The van der Waals surface area contributed by atoms with E-state index in [1.54, 1.807) is 0 Å². The van der Waals surface area contributed by atoms with Crippen molar-refractivity contribution in [3.63, 3.8) is 0 Å². The molecule has 0 bridgehead atoms. The first kappa shape index (κ1) is 44.6. The first-order valence-corrected chi connectivity index (χ1v) is 22.0. The second-order valence-corrected chi connectivity index (χ2v) is 19.9. The van der Waals surface area contributed by atoms with Gasteiger partial charge in [0, 0.05) is 61.3 Å². The van der Waals surface area contributed by atoms with Gasteiger partial charge in [-0.1, -0.05) is 160 Å². The van der Waals surface area contributed by atoms with Gasteiger partial charge in [-0.2, -0.15) is 18.2 Å². The number of imidazole rings is 1. The minimum atomic E-state index is -0.246. The molecule has 3 heterocycles. The Kier molecular flexibility index (Phi) is 11.7. The Balaban J connectivity index is 0.00000560. The molecule has 0 saturated heterocycles. The van der Waals surface area contributed by atoms with Crippen LogP contribution in [0, 0.1) is 18.5 Å². The van der Waals surface area contributed by atoms with Crippen LogP contribution < -0.4 is 9.30 Å². The molecule has 0 N–H and O–H groups in total. The molecule has 0 spiro atoms. The van der Waals surface area contributed by atoms with Gasteiger partial charge in [-0.15, -0.1) is 29.7 Å². The van der Waals surface area contributed by atoms with E-state index < -0.39 is 0 Å². The molecule has 0 saturated carbocycles. The first-order valence-electron chi connectivity index (χ1n) is 22.0. The van der Waals surface area contributed by atoms with Crippen LogP contribution in [-0.4, -0.2) is 14.1 Å². The maximum atomic E-state index is 6.67. The van der Waals surface area contributed by atoms with Crippen LogP contribution in [0.25, 0.3) is 39.0 Å².